The van der Waals surface area contributed by atoms with Crippen molar-refractivity contribution in [3.05, 3.63) is 35.9 Å². The van der Waals surface area contributed by atoms with E-state index in [0.717, 1.165) is 26.1 Å². The molecule has 2 atom stereocenters. The molecule has 4 heteroatoms. The second kappa shape index (κ2) is 10.7. The Hall–Kier alpha value is -1.06. The summed E-state index contributed by atoms with van der Waals surface area (Å²) >= 11 is 0. The monoisotopic (exact) mass is 352 g/mol. The number of nitrogens with zero attached hydrogens (tertiary/aromatic N) is 1. The molecule has 1 aliphatic heterocycles. The van der Waals surface area contributed by atoms with E-state index in [9.17, 15) is 4.79 Å². The summed E-state index contributed by atoms with van der Waals surface area (Å²) in [7, 11) is 0. The zero-order valence-electron chi connectivity index (χ0n) is 15.3. The zero-order chi connectivity index (χ0) is 16.7. The maximum atomic E-state index is 12.9. The van der Waals surface area contributed by atoms with E-state index >= 15 is 0 Å². The smallest absolute Gasteiger partial charge is 0.223 e. The van der Waals surface area contributed by atoms with Crippen molar-refractivity contribution in [3.63, 3.8) is 0 Å². The van der Waals surface area contributed by atoms with E-state index in [2.05, 4.69) is 43.1 Å². The van der Waals surface area contributed by atoms with Crippen molar-refractivity contribution < 1.29 is 4.79 Å². The average Bonchev–Trinajstić information content (AvgIpc) is 2.60. The molecule has 2 unspecified atom stereocenters. The van der Waals surface area contributed by atoms with Crippen LogP contribution in [0.2, 0.25) is 0 Å². The van der Waals surface area contributed by atoms with E-state index in [1.165, 1.54) is 18.4 Å². The van der Waals surface area contributed by atoms with Crippen LogP contribution < -0.4 is 5.32 Å². The number of nitrogens with one attached hydrogen (secondary N) is 1. The van der Waals surface area contributed by atoms with Crippen LogP contribution in [0.4, 0.5) is 0 Å². The van der Waals surface area contributed by atoms with Gasteiger partial charge < -0.3 is 10.2 Å². The summed E-state index contributed by atoms with van der Waals surface area (Å²) in [5, 5.41) is 3.41. The second-order valence-corrected chi connectivity index (χ2v) is 7.03. The first-order valence-corrected chi connectivity index (χ1v) is 9.16. The van der Waals surface area contributed by atoms with Crippen molar-refractivity contribution in [2.75, 3.05) is 13.1 Å². The van der Waals surface area contributed by atoms with Crippen molar-refractivity contribution in [3.8, 4) is 0 Å². The molecule has 0 aromatic heterocycles. The van der Waals surface area contributed by atoms with Gasteiger partial charge in [0.1, 0.15) is 0 Å². The standard InChI is InChI=1S/C20H32N2O.ClH/c1-4-17(3)22(15-18-8-6-5-7-9-18)20(23)14-16(2)19-10-12-21-13-11-19;/h5-9,16-17,19,21H,4,10-15H2,1-3H3;1H. The van der Waals surface area contributed by atoms with Crippen molar-refractivity contribution in [2.24, 2.45) is 11.8 Å². The van der Waals surface area contributed by atoms with E-state index < -0.39 is 0 Å². The number of hydrogen-bond donors (Lipinski definition) is 1. The number of rotatable bonds is 7. The molecule has 0 aliphatic carbocycles. The summed E-state index contributed by atoms with van der Waals surface area (Å²) in [4.78, 5) is 15.0. The highest BCUT2D eigenvalue weighted by atomic mass is 35.5. The lowest BCUT2D eigenvalue weighted by molar-refractivity contribution is -0.135. The van der Waals surface area contributed by atoms with Gasteiger partial charge in [-0.25, -0.2) is 0 Å². The van der Waals surface area contributed by atoms with Gasteiger partial charge in [0.25, 0.3) is 0 Å². The van der Waals surface area contributed by atoms with Gasteiger partial charge in [0, 0.05) is 19.0 Å². The van der Waals surface area contributed by atoms with Gasteiger partial charge in [0.2, 0.25) is 5.91 Å². The Morgan fingerprint density at radius 2 is 1.83 bits per heavy atom. The lowest BCUT2D eigenvalue weighted by Crippen LogP contribution is -2.40. The molecule has 0 saturated carbocycles. The molecule has 1 amide bonds. The van der Waals surface area contributed by atoms with E-state index in [1.807, 2.05) is 18.2 Å². The predicted octanol–water partition coefficient (Wildman–Crippen LogP) is 4.26. The lowest BCUT2D eigenvalue weighted by Gasteiger charge is -2.33. The third-order valence-electron chi connectivity index (χ3n) is 5.32. The molecule has 3 nitrogen and oxygen atoms in total. The Labute approximate surface area is 153 Å². The minimum atomic E-state index is 0. The topological polar surface area (TPSA) is 32.3 Å². The van der Waals surface area contributed by atoms with Gasteiger partial charge in [-0.2, -0.15) is 0 Å². The van der Waals surface area contributed by atoms with Crippen LogP contribution in [0.3, 0.4) is 0 Å². The minimum absolute atomic E-state index is 0. The molecule has 24 heavy (non-hydrogen) atoms. The van der Waals surface area contributed by atoms with Gasteiger partial charge in [-0.15, -0.1) is 12.4 Å². The van der Waals surface area contributed by atoms with Gasteiger partial charge in [-0.3, -0.25) is 4.79 Å². The molecule has 0 spiro atoms. The van der Waals surface area contributed by atoms with Crippen LogP contribution in [0.5, 0.6) is 0 Å². The molecular weight excluding hydrogens is 320 g/mol. The van der Waals surface area contributed by atoms with E-state index in [-0.39, 0.29) is 12.4 Å². The van der Waals surface area contributed by atoms with E-state index in [4.69, 9.17) is 0 Å². The molecule has 1 fully saturated rings. The Bertz CT molecular complexity index is 474. The molecule has 136 valence electrons. The highest BCUT2D eigenvalue weighted by Crippen LogP contribution is 2.26. The maximum Gasteiger partial charge on any atom is 0.223 e. The average molecular weight is 353 g/mol. The van der Waals surface area contributed by atoms with Crippen molar-refractivity contribution in [2.45, 2.75) is 59.0 Å². The van der Waals surface area contributed by atoms with Gasteiger partial charge in [0.05, 0.1) is 0 Å². The van der Waals surface area contributed by atoms with E-state index in [0.29, 0.717) is 30.2 Å². The van der Waals surface area contributed by atoms with Crippen molar-refractivity contribution in [1.29, 1.82) is 0 Å². The first-order chi connectivity index (χ1) is 11.1. The fourth-order valence-corrected chi connectivity index (χ4v) is 3.46. The maximum absolute atomic E-state index is 12.9. The molecule has 0 bridgehead atoms. The van der Waals surface area contributed by atoms with Crippen molar-refractivity contribution >= 4 is 18.3 Å². The van der Waals surface area contributed by atoms with Crippen LogP contribution in [-0.2, 0) is 11.3 Å². The molecule has 1 aromatic rings. The summed E-state index contributed by atoms with van der Waals surface area (Å²) in [6.07, 6.45) is 4.09. The summed E-state index contributed by atoms with van der Waals surface area (Å²) in [6, 6.07) is 10.6. The predicted molar refractivity (Wildman–Crippen MR) is 103 cm³/mol. The molecule has 1 heterocycles. The number of halogens is 1. The van der Waals surface area contributed by atoms with Crippen LogP contribution in [0.25, 0.3) is 0 Å². The highest BCUT2D eigenvalue weighted by Gasteiger charge is 2.26. The molecule has 2 rings (SSSR count). The zero-order valence-corrected chi connectivity index (χ0v) is 16.1. The van der Waals surface area contributed by atoms with Crippen LogP contribution >= 0.6 is 12.4 Å². The fraction of sp³-hybridized carbons (Fsp3) is 0.650. The van der Waals surface area contributed by atoms with Gasteiger partial charge in [-0.1, -0.05) is 44.2 Å². The van der Waals surface area contributed by atoms with E-state index in [1.54, 1.807) is 0 Å². The Morgan fingerprint density at radius 3 is 2.42 bits per heavy atom. The number of hydrogen-bond acceptors (Lipinski definition) is 2. The normalized spacial score (nSPS) is 17.6. The number of benzene rings is 1. The first-order valence-electron chi connectivity index (χ1n) is 9.16. The van der Waals surface area contributed by atoms with Crippen molar-refractivity contribution in [1.82, 2.24) is 10.2 Å². The largest absolute Gasteiger partial charge is 0.336 e. The number of amides is 1. The Kier molecular flexibility index (Phi) is 9.38. The van der Waals surface area contributed by atoms with Crippen LogP contribution in [0.15, 0.2) is 30.3 Å². The van der Waals surface area contributed by atoms with Crippen LogP contribution in [-0.4, -0.2) is 29.9 Å². The number of piperidine rings is 1. The molecule has 0 radical (unpaired) electrons. The third-order valence-corrected chi connectivity index (χ3v) is 5.32. The summed E-state index contributed by atoms with van der Waals surface area (Å²) in [6.45, 7) is 9.51. The molecule has 1 aromatic carbocycles. The fourth-order valence-electron chi connectivity index (χ4n) is 3.46. The number of carbonyl (C=O) groups excluding carboxylic acids is 1. The van der Waals surface area contributed by atoms with Crippen LogP contribution in [0.1, 0.15) is 52.0 Å². The highest BCUT2D eigenvalue weighted by molar-refractivity contribution is 5.85. The second-order valence-electron chi connectivity index (χ2n) is 7.03. The van der Waals surface area contributed by atoms with Crippen LogP contribution in [0, 0.1) is 11.8 Å². The van der Waals surface area contributed by atoms with Gasteiger partial charge >= 0.3 is 0 Å². The summed E-state index contributed by atoms with van der Waals surface area (Å²) < 4.78 is 0. The first kappa shape index (κ1) is 21.0. The molecule has 1 N–H and O–H groups in total. The van der Waals surface area contributed by atoms with Gasteiger partial charge in [-0.05, 0) is 56.7 Å². The van der Waals surface area contributed by atoms with Gasteiger partial charge in [0.15, 0.2) is 0 Å². The molecular formula is C20H33ClN2O. The lowest BCUT2D eigenvalue weighted by atomic mass is 9.84. The minimum Gasteiger partial charge on any atom is -0.336 e. The summed E-state index contributed by atoms with van der Waals surface area (Å²) in [5.41, 5.74) is 1.22. The SMILES string of the molecule is CCC(C)N(Cc1ccccc1)C(=O)CC(C)C1CCNCC1.Cl. The quantitative estimate of drug-likeness (QED) is 0.795. The Balaban J connectivity index is 0.00000288. The Morgan fingerprint density at radius 1 is 1.21 bits per heavy atom. The summed E-state index contributed by atoms with van der Waals surface area (Å²) in [5.74, 6) is 1.48. The number of carbonyl (C=O) groups is 1. The third kappa shape index (κ3) is 6.10. The molecule has 1 aliphatic rings. The molecule has 1 saturated heterocycles.